The molecule has 0 radical (unpaired) electrons. The normalized spacial score (nSPS) is 10.6. The molecule has 0 saturated heterocycles. The van der Waals surface area contributed by atoms with Gasteiger partial charge in [0.2, 0.25) is 0 Å². The molecule has 31 heavy (non-hydrogen) atoms. The van der Waals surface area contributed by atoms with E-state index in [1.165, 1.54) is 37.7 Å². The largest absolute Gasteiger partial charge is 0.486 e. The fourth-order valence-corrected chi connectivity index (χ4v) is 2.94. The highest BCUT2D eigenvalue weighted by Gasteiger charge is 2.12. The van der Waals surface area contributed by atoms with Gasteiger partial charge in [0.05, 0.1) is 0 Å². The molecule has 0 amide bonds. The van der Waals surface area contributed by atoms with Crippen molar-refractivity contribution >= 4 is 6.15 Å². The Morgan fingerprint density at radius 3 is 2.00 bits per heavy atom. The molecule has 5 heteroatoms. The lowest BCUT2D eigenvalue weighted by molar-refractivity contribution is -0.191. The SMILES string of the molecule is CCCCCCC.CNCCC(Oc1ccc(CCO)cc1)c1ccccc1.O=C=O. The average Bonchev–Trinajstić information content (AvgIpc) is 2.80. The minimum Gasteiger partial charge on any atom is -0.486 e. The minimum absolute atomic E-state index is 0.0438. The van der Waals surface area contributed by atoms with Gasteiger partial charge in [-0.2, -0.15) is 9.59 Å². The summed E-state index contributed by atoms with van der Waals surface area (Å²) >= 11 is 0. The summed E-state index contributed by atoms with van der Waals surface area (Å²) in [5.74, 6) is 0.863. The van der Waals surface area contributed by atoms with E-state index in [-0.39, 0.29) is 18.9 Å². The van der Waals surface area contributed by atoms with Crippen LogP contribution in [0, 0.1) is 0 Å². The number of carbonyl (C=O) groups excluding carboxylic acids is 2. The molecule has 0 heterocycles. The van der Waals surface area contributed by atoms with Gasteiger partial charge in [0.25, 0.3) is 0 Å². The number of hydrogen-bond acceptors (Lipinski definition) is 5. The van der Waals surface area contributed by atoms with E-state index in [9.17, 15) is 0 Å². The molecule has 2 aromatic carbocycles. The Morgan fingerprint density at radius 1 is 0.935 bits per heavy atom. The molecule has 0 aliphatic rings. The van der Waals surface area contributed by atoms with E-state index in [1.807, 2.05) is 49.5 Å². The zero-order valence-electron chi connectivity index (χ0n) is 19.3. The summed E-state index contributed by atoms with van der Waals surface area (Å²) in [6.45, 7) is 5.57. The van der Waals surface area contributed by atoms with Gasteiger partial charge in [-0.3, -0.25) is 0 Å². The molecule has 0 aliphatic heterocycles. The van der Waals surface area contributed by atoms with Gasteiger partial charge in [-0.15, -0.1) is 0 Å². The van der Waals surface area contributed by atoms with Crippen molar-refractivity contribution < 1.29 is 19.4 Å². The van der Waals surface area contributed by atoms with Gasteiger partial charge in [-0.25, -0.2) is 0 Å². The van der Waals surface area contributed by atoms with Gasteiger partial charge in [-0.05, 0) is 43.3 Å². The molecule has 0 aromatic heterocycles. The van der Waals surface area contributed by atoms with Gasteiger partial charge >= 0.3 is 6.15 Å². The molecule has 2 N–H and O–H groups in total. The van der Waals surface area contributed by atoms with E-state index in [0.29, 0.717) is 6.42 Å². The Balaban J connectivity index is 0.000000756. The van der Waals surface area contributed by atoms with E-state index >= 15 is 0 Å². The number of aliphatic hydroxyl groups is 1. The fraction of sp³-hybridized carbons (Fsp3) is 0.500. The molecule has 2 aromatic rings. The summed E-state index contributed by atoms with van der Waals surface area (Å²) in [5, 5.41) is 12.1. The zero-order valence-corrected chi connectivity index (χ0v) is 19.3. The molecular formula is C26H39NO4. The Hall–Kier alpha value is -2.46. The molecule has 1 unspecified atom stereocenters. The van der Waals surface area contributed by atoms with Crippen LogP contribution in [0.15, 0.2) is 54.6 Å². The predicted molar refractivity (Wildman–Crippen MR) is 125 cm³/mol. The molecular weight excluding hydrogens is 390 g/mol. The Bertz CT molecular complexity index is 664. The van der Waals surface area contributed by atoms with Crippen molar-refractivity contribution in [2.24, 2.45) is 0 Å². The lowest BCUT2D eigenvalue weighted by Gasteiger charge is -2.20. The van der Waals surface area contributed by atoms with Gasteiger partial charge in [-0.1, -0.05) is 88.4 Å². The predicted octanol–water partition coefficient (Wildman–Crippen LogP) is 5.34. The summed E-state index contributed by atoms with van der Waals surface area (Å²) in [6.07, 6.45) is 8.90. The number of ether oxygens (including phenoxy) is 1. The smallest absolute Gasteiger partial charge is 0.373 e. The Kier molecular flexibility index (Phi) is 19.1. The maximum Gasteiger partial charge on any atom is 0.373 e. The molecule has 5 nitrogen and oxygen atoms in total. The standard InChI is InChI=1S/C18H23NO2.C7H16.CO2/c1-19-13-11-18(16-5-3-2-4-6-16)21-17-9-7-15(8-10-17)12-14-20;1-3-5-7-6-4-2;2-1-3/h2-10,18-20H,11-14H2,1H3;3-7H2,1-2H3;. The number of unbranched alkanes of at least 4 members (excludes halogenated alkanes) is 4. The van der Waals surface area contributed by atoms with E-state index in [4.69, 9.17) is 19.4 Å². The van der Waals surface area contributed by atoms with Crippen LogP contribution in [0.25, 0.3) is 0 Å². The Labute approximate surface area is 187 Å². The first-order chi connectivity index (χ1) is 15.2. The number of nitrogens with one attached hydrogen (secondary N) is 1. The molecule has 2 rings (SSSR count). The summed E-state index contributed by atoms with van der Waals surface area (Å²) < 4.78 is 6.13. The second-order valence-electron chi connectivity index (χ2n) is 7.17. The van der Waals surface area contributed by atoms with E-state index < -0.39 is 0 Å². The highest BCUT2D eigenvalue weighted by molar-refractivity contribution is 5.29. The summed E-state index contributed by atoms with van der Waals surface area (Å²) in [5.41, 5.74) is 2.31. The fourth-order valence-electron chi connectivity index (χ4n) is 2.94. The first-order valence-electron chi connectivity index (χ1n) is 11.2. The van der Waals surface area contributed by atoms with Crippen LogP contribution in [0.3, 0.4) is 0 Å². The number of rotatable bonds is 12. The van der Waals surface area contributed by atoms with Crippen LogP contribution in [0.4, 0.5) is 0 Å². The van der Waals surface area contributed by atoms with Crippen molar-refractivity contribution in [3.63, 3.8) is 0 Å². The van der Waals surface area contributed by atoms with E-state index in [2.05, 4.69) is 31.3 Å². The zero-order chi connectivity index (χ0) is 23.2. The van der Waals surface area contributed by atoms with Crippen LogP contribution in [0.2, 0.25) is 0 Å². The van der Waals surface area contributed by atoms with Crippen LogP contribution in [-0.2, 0) is 16.0 Å². The first kappa shape index (κ1) is 28.5. The Morgan fingerprint density at radius 2 is 1.52 bits per heavy atom. The molecule has 0 spiro atoms. The van der Waals surface area contributed by atoms with Crippen molar-refractivity contribution in [2.45, 2.75) is 64.9 Å². The summed E-state index contributed by atoms with van der Waals surface area (Å²) in [6, 6.07) is 18.2. The third-order valence-corrected chi connectivity index (χ3v) is 4.64. The molecule has 172 valence electrons. The maximum absolute atomic E-state index is 8.94. The average molecular weight is 430 g/mol. The maximum atomic E-state index is 8.94. The second-order valence-corrected chi connectivity index (χ2v) is 7.17. The summed E-state index contributed by atoms with van der Waals surface area (Å²) in [4.78, 5) is 16.2. The van der Waals surface area contributed by atoms with Gasteiger partial charge in [0.15, 0.2) is 0 Å². The minimum atomic E-state index is 0.0438. The van der Waals surface area contributed by atoms with Crippen molar-refractivity contribution in [1.82, 2.24) is 5.32 Å². The van der Waals surface area contributed by atoms with Crippen molar-refractivity contribution in [2.75, 3.05) is 20.2 Å². The molecule has 0 bridgehead atoms. The van der Waals surface area contributed by atoms with Crippen LogP contribution in [-0.4, -0.2) is 31.5 Å². The van der Waals surface area contributed by atoms with Crippen LogP contribution >= 0.6 is 0 Å². The first-order valence-corrected chi connectivity index (χ1v) is 11.2. The van der Waals surface area contributed by atoms with Crippen LogP contribution in [0.1, 0.15) is 69.6 Å². The molecule has 0 saturated carbocycles. The van der Waals surface area contributed by atoms with Crippen molar-refractivity contribution in [1.29, 1.82) is 0 Å². The lowest BCUT2D eigenvalue weighted by atomic mass is 10.1. The van der Waals surface area contributed by atoms with Crippen LogP contribution < -0.4 is 10.1 Å². The second kappa shape index (κ2) is 20.8. The topological polar surface area (TPSA) is 75.6 Å². The lowest BCUT2D eigenvalue weighted by Crippen LogP contribution is -2.16. The van der Waals surface area contributed by atoms with E-state index in [1.54, 1.807) is 0 Å². The third-order valence-electron chi connectivity index (χ3n) is 4.64. The van der Waals surface area contributed by atoms with Crippen molar-refractivity contribution in [3.05, 3.63) is 65.7 Å². The highest BCUT2D eigenvalue weighted by atomic mass is 16.5. The highest BCUT2D eigenvalue weighted by Crippen LogP contribution is 2.24. The molecule has 0 aliphatic carbocycles. The summed E-state index contributed by atoms with van der Waals surface area (Å²) in [7, 11) is 1.95. The quantitative estimate of drug-likeness (QED) is 0.445. The van der Waals surface area contributed by atoms with Gasteiger partial charge in [0, 0.05) is 13.0 Å². The van der Waals surface area contributed by atoms with Gasteiger partial charge < -0.3 is 15.2 Å². The number of hydrogen-bond donors (Lipinski definition) is 2. The number of aliphatic hydroxyl groups excluding tert-OH is 1. The van der Waals surface area contributed by atoms with Crippen LogP contribution in [0.5, 0.6) is 5.75 Å². The van der Waals surface area contributed by atoms with Crippen molar-refractivity contribution in [3.8, 4) is 5.75 Å². The monoisotopic (exact) mass is 429 g/mol. The van der Waals surface area contributed by atoms with E-state index in [0.717, 1.165) is 24.3 Å². The molecule has 0 fully saturated rings. The molecule has 1 atom stereocenters. The third kappa shape index (κ3) is 15.1. The van der Waals surface area contributed by atoms with Gasteiger partial charge in [0.1, 0.15) is 11.9 Å². The number of benzene rings is 2.